The second kappa shape index (κ2) is 3.58. The molecule has 0 unspecified atom stereocenters. The Morgan fingerprint density at radius 2 is 2.14 bits per heavy atom. The van der Waals surface area contributed by atoms with Gasteiger partial charge in [0.2, 0.25) is 0 Å². The molecule has 2 aromatic rings. The highest BCUT2D eigenvalue weighted by atomic mass is 79.9. The summed E-state index contributed by atoms with van der Waals surface area (Å²) in [6.07, 6.45) is 2.71. The fraction of sp³-hybridized carbons (Fsp3) is 0.182. The average Bonchev–Trinajstić information content (AvgIpc) is 2.18. The maximum Gasteiger partial charge on any atom is 0.255 e. The van der Waals surface area contributed by atoms with Crippen molar-refractivity contribution in [2.45, 2.75) is 13.3 Å². The molecule has 0 saturated carbocycles. The number of H-pyrrole nitrogens is 1. The molecule has 0 amide bonds. The van der Waals surface area contributed by atoms with Crippen LogP contribution in [0, 0.1) is 0 Å². The fourth-order valence-electron chi connectivity index (χ4n) is 1.58. The molecule has 72 valence electrons. The van der Waals surface area contributed by atoms with Gasteiger partial charge in [-0.15, -0.1) is 0 Å². The Bertz CT molecular complexity index is 530. The monoisotopic (exact) mass is 251 g/mol. The van der Waals surface area contributed by atoms with Crippen LogP contribution in [0.3, 0.4) is 0 Å². The molecule has 2 rings (SSSR count). The van der Waals surface area contributed by atoms with Crippen LogP contribution in [0.2, 0.25) is 0 Å². The molecule has 1 aromatic heterocycles. The molecule has 0 saturated heterocycles. The van der Waals surface area contributed by atoms with Gasteiger partial charge in [-0.3, -0.25) is 4.79 Å². The van der Waals surface area contributed by atoms with Crippen molar-refractivity contribution < 1.29 is 0 Å². The number of rotatable bonds is 1. The van der Waals surface area contributed by atoms with E-state index in [2.05, 4.69) is 27.8 Å². The lowest BCUT2D eigenvalue weighted by Gasteiger charge is -2.03. The molecule has 14 heavy (non-hydrogen) atoms. The zero-order valence-electron chi connectivity index (χ0n) is 7.80. The predicted molar refractivity (Wildman–Crippen MR) is 61.6 cm³/mol. The van der Waals surface area contributed by atoms with E-state index in [0.717, 1.165) is 21.7 Å². The fourth-order valence-corrected chi connectivity index (χ4v) is 1.94. The zero-order valence-corrected chi connectivity index (χ0v) is 9.39. The summed E-state index contributed by atoms with van der Waals surface area (Å²) in [6.45, 7) is 2.08. The van der Waals surface area contributed by atoms with Gasteiger partial charge in [-0.05, 0) is 35.6 Å². The third-order valence-corrected chi connectivity index (χ3v) is 2.82. The van der Waals surface area contributed by atoms with Crippen molar-refractivity contribution in [3.63, 3.8) is 0 Å². The van der Waals surface area contributed by atoms with Gasteiger partial charge >= 0.3 is 0 Å². The summed E-state index contributed by atoms with van der Waals surface area (Å²) in [5, 5.41) is 1.79. The average molecular weight is 252 g/mol. The Hall–Kier alpha value is -1.09. The predicted octanol–water partition coefficient (Wildman–Crippen LogP) is 2.85. The number of aromatic nitrogens is 1. The zero-order chi connectivity index (χ0) is 10.1. The van der Waals surface area contributed by atoms with Crippen molar-refractivity contribution in [1.29, 1.82) is 0 Å². The molecule has 0 fully saturated rings. The first-order valence-electron chi connectivity index (χ1n) is 4.52. The number of benzene rings is 1. The lowest BCUT2D eigenvalue weighted by atomic mass is 10.1. The minimum Gasteiger partial charge on any atom is -0.328 e. The van der Waals surface area contributed by atoms with E-state index in [1.54, 1.807) is 6.20 Å². The number of halogens is 1. The number of aromatic amines is 1. The number of aryl methyl sites for hydroxylation is 1. The van der Waals surface area contributed by atoms with Crippen LogP contribution in [0.1, 0.15) is 12.5 Å². The lowest BCUT2D eigenvalue weighted by molar-refractivity contribution is 1.11. The summed E-state index contributed by atoms with van der Waals surface area (Å²) in [4.78, 5) is 14.2. The second-order valence-electron chi connectivity index (χ2n) is 3.19. The molecule has 0 bridgehead atoms. The smallest absolute Gasteiger partial charge is 0.255 e. The summed E-state index contributed by atoms with van der Waals surface area (Å²) in [5.74, 6) is 0. The van der Waals surface area contributed by atoms with Gasteiger partial charge in [-0.25, -0.2) is 0 Å². The summed E-state index contributed by atoms with van der Waals surface area (Å²) in [5.41, 5.74) is 1.14. The third-order valence-electron chi connectivity index (χ3n) is 2.33. The molecular weight excluding hydrogens is 242 g/mol. The molecular formula is C11H10BrNO. The minimum atomic E-state index is -0.0234. The molecule has 0 spiro atoms. The second-order valence-corrected chi connectivity index (χ2v) is 4.10. The standard InChI is InChI=1S/C11H10BrNO/c1-2-7-6-13-11(14)9-4-3-8(12)5-10(7)9/h3-6H,2H2,1H3,(H,13,14). The Balaban J connectivity index is 2.92. The summed E-state index contributed by atoms with van der Waals surface area (Å²) >= 11 is 3.41. The molecule has 1 N–H and O–H groups in total. The van der Waals surface area contributed by atoms with E-state index in [-0.39, 0.29) is 5.56 Å². The third kappa shape index (κ3) is 1.48. The van der Waals surface area contributed by atoms with E-state index in [0.29, 0.717) is 0 Å². The largest absolute Gasteiger partial charge is 0.328 e. The van der Waals surface area contributed by atoms with E-state index in [4.69, 9.17) is 0 Å². The van der Waals surface area contributed by atoms with Gasteiger partial charge in [-0.2, -0.15) is 0 Å². The molecule has 2 nitrogen and oxygen atoms in total. The Labute approximate surface area is 90.1 Å². The minimum absolute atomic E-state index is 0.0234. The van der Waals surface area contributed by atoms with Crippen molar-refractivity contribution in [1.82, 2.24) is 4.98 Å². The Kier molecular flexibility index (Phi) is 2.42. The molecule has 0 radical (unpaired) electrons. The summed E-state index contributed by atoms with van der Waals surface area (Å²) in [6, 6.07) is 5.72. The van der Waals surface area contributed by atoms with Crippen LogP contribution in [-0.2, 0) is 6.42 Å². The quantitative estimate of drug-likeness (QED) is 0.831. The number of hydrogen-bond donors (Lipinski definition) is 1. The topological polar surface area (TPSA) is 32.9 Å². The van der Waals surface area contributed by atoms with Gasteiger partial charge in [-0.1, -0.05) is 22.9 Å². The lowest BCUT2D eigenvalue weighted by Crippen LogP contribution is -2.06. The van der Waals surface area contributed by atoms with Crippen molar-refractivity contribution >= 4 is 26.7 Å². The van der Waals surface area contributed by atoms with E-state index < -0.39 is 0 Å². The van der Waals surface area contributed by atoms with Gasteiger partial charge in [0.15, 0.2) is 0 Å². The molecule has 3 heteroatoms. The maximum absolute atomic E-state index is 11.5. The van der Waals surface area contributed by atoms with Crippen LogP contribution >= 0.6 is 15.9 Å². The number of hydrogen-bond acceptors (Lipinski definition) is 1. The SMILES string of the molecule is CCc1c[nH]c(=O)c2ccc(Br)cc12. The molecule has 0 atom stereocenters. The Morgan fingerprint density at radius 3 is 2.86 bits per heavy atom. The molecule has 0 aliphatic heterocycles. The van der Waals surface area contributed by atoms with Gasteiger partial charge < -0.3 is 4.98 Å². The van der Waals surface area contributed by atoms with Gasteiger partial charge in [0, 0.05) is 16.1 Å². The highest BCUT2D eigenvalue weighted by molar-refractivity contribution is 9.10. The van der Waals surface area contributed by atoms with Gasteiger partial charge in [0.25, 0.3) is 5.56 Å². The van der Waals surface area contributed by atoms with E-state index in [1.165, 1.54) is 5.56 Å². The van der Waals surface area contributed by atoms with Crippen molar-refractivity contribution in [2.75, 3.05) is 0 Å². The first-order valence-corrected chi connectivity index (χ1v) is 5.31. The van der Waals surface area contributed by atoms with Crippen LogP contribution in [0.4, 0.5) is 0 Å². The summed E-state index contributed by atoms with van der Waals surface area (Å²) < 4.78 is 1.00. The highest BCUT2D eigenvalue weighted by Crippen LogP contribution is 2.20. The normalized spacial score (nSPS) is 10.7. The molecule has 0 aliphatic carbocycles. The maximum atomic E-state index is 11.5. The van der Waals surface area contributed by atoms with Crippen LogP contribution < -0.4 is 5.56 Å². The summed E-state index contributed by atoms with van der Waals surface area (Å²) in [7, 11) is 0. The van der Waals surface area contributed by atoms with Gasteiger partial charge in [0.05, 0.1) is 0 Å². The first-order chi connectivity index (χ1) is 6.72. The van der Waals surface area contributed by atoms with Crippen molar-refractivity contribution in [3.05, 3.63) is 44.8 Å². The first kappa shape index (κ1) is 9.46. The molecule has 0 aliphatic rings. The van der Waals surface area contributed by atoms with Crippen LogP contribution in [0.25, 0.3) is 10.8 Å². The number of fused-ring (bicyclic) bond motifs is 1. The highest BCUT2D eigenvalue weighted by Gasteiger charge is 2.03. The molecule has 1 aromatic carbocycles. The van der Waals surface area contributed by atoms with Crippen LogP contribution in [0.15, 0.2) is 33.7 Å². The number of nitrogens with one attached hydrogen (secondary N) is 1. The van der Waals surface area contributed by atoms with E-state index in [9.17, 15) is 4.79 Å². The van der Waals surface area contributed by atoms with Crippen molar-refractivity contribution in [2.24, 2.45) is 0 Å². The Morgan fingerprint density at radius 1 is 1.36 bits per heavy atom. The van der Waals surface area contributed by atoms with Gasteiger partial charge in [0.1, 0.15) is 0 Å². The number of pyridine rings is 1. The van der Waals surface area contributed by atoms with E-state index in [1.807, 2.05) is 18.2 Å². The van der Waals surface area contributed by atoms with E-state index >= 15 is 0 Å². The van der Waals surface area contributed by atoms with Crippen LogP contribution in [-0.4, -0.2) is 4.98 Å². The van der Waals surface area contributed by atoms with Crippen molar-refractivity contribution in [3.8, 4) is 0 Å². The van der Waals surface area contributed by atoms with Crippen LogP contribution in [0.5, 0.6) is 0 Å². The molecule has 1 heterocycles.